The zero-order valence-electron chi connectivity index (χ0n) is 16.2. The zero-order chi connectivity index (χ0) is 20.0. The quantitative estimate of drug-likeness (QED) is 0.749. The van der Waals surface area contributed by atoms with Gasteiger partial charge in [0.2, 0.25) is 15.9 Å². The molecule has 1 amide bonds. The number of hydrogen-bond donors (Lipinski definition) is 1. The highest BCUT2D eigenvalue weighted by atomic mass is 32.2. The van der Waals surface area contributed by atoms with Crippen LogP contribution in [0.5, 0.6) is 5.75 Å². The third kappa shape index (κ3) is 5.99. The fourth-order valence-electron chi connectivity index (χ4n) is 2.67. The lowest BCUT2D eigenvalue weighted by Crippen LogP contribution is -2.31. The van der Waals surface area contributed by atoms with Crippen molar-refractivity contribution < 1.29 is 17.9 Å². The minimum Gasteiger partial charge on any atom is -0.497 e. The SMILES string of the molecule is COc1cccc(NC(=O)CCCN(c2ccc(C)c(C)c2)S(C)(=O)=O)c1. The zero-order valence-corrected chi connectivity index (χ0v) is 17.0. The number of rotatable bonds is 8. The minimum atomic E-state index is -3.43. The van der Waals surface area contributed by atoms with E-state index in [0.717, 1.165) is 11.1 Å². The Morgan fingerprint density at radius 3 is 2.48 bits per heavy atom. The van der Waals surface area contributed by atoms with Gasteiger partial charge in [0.05, 0.1) is 19.1 Å². The lowest BCUT2D eigenvalue weighted by atomic mass is 10.1. The number of nitrogens with zero attached hydrogens (tertiary/aromatic N) is 1. The van der Waals surface area contributed by atoms with Crippen LogP contribution in [0.1, 0.15) is 24.0 Å². The van der Waals surface area contributed by atoms with Crippen LogP contribution in [0.25, 0.3) is 0 Å². The average molecular weight is 391 g/mol. The van der Waals surface area contributed by atoms with E-state index in [1.807, 2.05) is 26.0 Å². The largest absolute Gasteiger partial charge is 0.497 e. The fraction of sp³-hybridized carbons (Fsp3) is 0.350. The summed E-state index contributed by atoms with van der Waals surface area (Å²) >= 11 is 0. The Balaban J connectivity index is 1.99. The van der Waals surface area contributed by atoms with E-state index in [2.05, 4.69) is 5.32 Å². The lowest BCUT2D eigenvalue weighted by Gasteiger charge is -2.23. The highest BCUT2D eigenvalue weighted by molar-refractivity contribution is 7.92. The standard InChI is InChI=1S/C20H26N2O4S/c1-15-10-11-18(13-16(15)2)22(27(4,24)25)12-6-9-20(23)21-17-7-5-8-19(14-17)26-3/h5,7-8,10-11,13-14H,6,9,12H2,1-4H3,(H,21,23). The first-order valence-electron chi connectivity index (χ1n) is 8.69. The number of ether oxygens (including phenoxy) is 1. The Labute approximate surface area is 161 Å². The van der Waals surface area contributed by atoms with Crippen LogP contribution in [0.4, 0.5) is 11.4 Å². The molecule has 2 rings (SSSR count). The minimum absolute atomic E-state index is 0.170. The second-order valence-electron chi connectivity index (χ2n) is 6.49. The molecule has 0 bridgehead atoms. The molecule has 0 saturated carbocycles. The molecule has 146 valence electrons. The molecular formula is C20H26N2O4S. The number of carbonyl (C=O) groups excluding carboxylic acids is 1. The number of benzene rings is 2. The maximum atomic E-state index is 12.2. The van der Waals surface area contributed by atoms with Crippen molar-refractivity contribution in [2.45, 2.75) is 26.7 Å². The van der Waals surface area contributed by atoms with Crippen molar-refractivity contribution in [2.75, 3.05) is 29.5 Å². The molecule has 0 aliphatic rings. The van der Waals surface area contributed by atoms with Crippen molar-refractivity contribution >= 4 is 27.3 Å². The molecule has 0 aromatic heterocycles. The molecule has 0 radical (unpaired) electrons. The van der Waals surface area contributed by atoms with Gasteiger partial charge in [-0.1, -0.05) is 12.1 Å². The van der Waals surface area contributed by atoms with Crippen LogP contribution in [0, 0.1) is 13.8 Å². The molecule has 0 unspecified atom stereocenters. The summed E-state index contributed by atoms with van der Waals surface area (Å²) in [7, 11) is -1.87. The fourth-order valence-corrected chi connectivity index (χ4v) is 3.63. The van der Waals surface area contributed by atoms with Gasteiger partial charge in [-0.2, -0.15) is 0 Å². The Kier molecular flexibility index (Phi) is 6.85. The molecule has 0 aliphatic heterocycles. The van der Waals surface area contributed by atoms with Crippen LogP contribution < -0.4 is 14.4 Å². The third-order valence-corrected chi connectivity index (χ3v) is 5.49. The molecule has 0 heterocycles. The normalized spacial score (nSPS) is 11.1. The van der Waals surface area contributed by atoms with Gasteiger partial charge >= 0.3 is 0 Å². The Bertz CT molecular complexity index is 910. The van der Waals surface area contributed by atoms with Gasteiger partial charge < -0.3 is 10.1 Å². The van der Waals surface area contributed by atoms with Crippen molar-refractivity contribution in [1.82, 2.24) is 0 Å². The summed E-state index contributed by atoms with van der Waals surface area (Å²) in [4.78, 5) is 12.2. The molecule has 2 aromatic carbocycles. The number of nitrogens with one attached hydrogen (secondary N) is 1. The highest BCUT2D eigenvalue weighted by Gasteiger charge is 2.18. The van der Waals surface area contributed by atoms with Crippen LogP contribution >= 0.6 is 0 Å². The van der Waals surface area contributed by atoms with Gasteiger partial charge in [0, 0.05) is 24.7 Å². The van der Waals surface area contributed by atoms with E-state index < -0.39 is 10.0 Å². The summed E-state index contributed by atoms with van der Waals surface area (Å²) in [5.74, 6) is 0.489. The summed E-state index contributed by atoms with van der Waals surface area (Å²) in [6.07, 6.45) is 1.81. The maximum absolute atomic E-state index is 12.2. The van der Waals surface area contributed by atoms with E-state index in [1.54, 1.807) is 37.4 Å². The summed E-state index contributed by atoms with van der Waals surface area (Å²) in [5.41, 5.74) is 3.39. The van der Waals surface area contributed by atoms with Crippen molar-refractivity contribution in [3.63, 3.8) is 0 Å². The van der Waals surface area contributed by atoms with Gasteiger partial charge in [-0.05, 0) is 55.7 Å². The molecular weight excluding hydrogens is 364 g/mol. The van der Waals surface area contributed by atoms with E-state index in [4.69, 9.17) is 4.74 Å². The summed E-state index contributed by atoms with van der Waals surface area (Å²) < 4.78 is 30.8. The van der Waals surface area contributed by atoms with Crippen LogP contribution in [0.15, 0.2) is 42.5 Å². The van der Waals surface area contributed by atoms with Gasteiger partial charge in [-0.15, -0.1) is 0 Å². The predicted octanol–water partition coefficient (Wildman–Crippen LogP) is 3.50. The molecule has 0 saturated heterocycles. The second-order valence-corrected chi connectivity index (χ2v) is 8.39. The second kappa shape index (κ2) is 8.90. The average Bonchev–Trinajstić information content (AvgIpc) is 2.60. The molecule has 6 nitrogen and oxygen atoms in total. The van der Waals surface area contributed by atoms with Gasteiger partial charge in [0.15, 0.2) is 0 Å². The number of aryl methyl sites for hydroxylation is 2. The van der Waals surface area contributed by atoms with Crippen LogP contribution in [-0.4, -0.2) is 34.2 Å². The first-order chi connectivity index (χ1) is 12.7. The van der Waals surface area contributed by atoms with Gasteiger partial charge in [-0.3, -0.25) is 9.10 Å². The monoisotopic (exact) mass is 390 g/mol. The van der Waals surface area contributed by atoms with Crippen LogP contribution in [-0.2, 0) is 14.8 Å². The summed E-state index contributed by atoms with van der Waals surface area (Å²) in [6.45, 7) is 4.17. The van der Waals surface area contributed by atoms with Gasteiger partial charge in [-0.25, -0.2) is 8.42 Å². The van der Waals surface area contributed by atoms with Crippen LogP contribution in [0.2, 0.25) is 0 Å². The molecule has 0 aliphatic carbocycles. The summed E-state index contributed by atoms with van der Waals surface area (Å²) in [6, 6.07) is 12.6. The van der Waals surface area contributed by atoms with E-state index in [9.17, 15) is 13.2 Å². The number of carbonyl (C=O) groups is 1. The van der Waals surface area contributed by atoms with Crippen LogP contribution in [0.3, 0.4) is 0 Å². The van der Waals surface area contributed by atoms with Crippen molar-refractivity contribution in [2.24, 2.45) is 0 Å². The van der Waals surface area contributed by atoms with E-state index in [0.29, 0.717) is 23.5 Å². The number of anilines is 2. The highest BCUT2D eigenvalue weighted by Crippen LogP contribution is 2.22. The first-order valence-corrected chi connectivity index (χ1v) is 10.5. The van der Waals surface area contributed by atoms with Crippen molar-refractivity contribution in [3.8, 4) is 5.75 Å². The number of amides is 1. The summed E-state index contributed by atoms with van der Waals surface area (Å²) in [5, 5.41) is 2.80. The number of methoxy groups -OCH3 is 1. The van der Waals surface area contributed by atoms with Crippen molar-refractivity contribution in [3.05, 3.63) is 53.6 Å². The molecule has 0 atom stereocenters. The first kappa shape index (κ1) is 20.8. The van der Waals surface area contributed by atoms with E-state index in [1.165, 1.54) is 10.6 Å². The Hall–Kier alpha value is -2.54. The smallest absolute Gasteiger partial charge is 0.232 e. The van der Waals surface area contributed by atoms with E-state index >= 15 is 0 Å². The van der Waals surface area contributed by atoms with Crippen molar-refractivity contribution in [1.29, 1.82) is 0 Å². The van der Waals surface area contributed by atoms with Gasteiger partial charge in [0.25, 0.3) is 0 Å². The van der Waals surface area contributed by atoms with E-state index in [-0.39, 0.29) is 18.9 Å². The maximum Gasteiger partial charge on any atom is 0.232 e. The number of hydrogen-bond acceptors (Lipinski definition) is 4. The Morgan fingerprint density at radius 2 is 1.85 bits per heavy atom. The molecule has 1 N–H and O–H groups in total. The molecule has 7 heteroatoms. The third-order valence-electron chi connectivity index (χ3n) is 4.30. The lowest BCUT2D eigenvalue weighted by molar-refractivity contribution is -0.116. The predicted molar refractivity (Wildman–Crippen MR) is 109 cm³/mol. The number of sulfonamides is 1. The van der Waals surface area contributed by atoms with Gasteiger partial charge in [0.1, 0.15) is 5.75 Å². The molecule has 2 aromatic rings. The molecule has 0 fully saturated rings. The Morgan fingerprint density at radius 1 is 1.11 bits per heavy atom. The molecule has 0 spiro atoms. The topological polar surface area (TPSA) is 75.7 Å². The molecule has 27 heavy (non-hydrogen) atoms.